The number of halogens is 1. The van der Waals surface area contributed by atoms with Gasteiger partial charge in [0.25, 0.3) is 0 Å². The van der Waals surface area contributed by atoms with Crippen LogP contribution >= 0.6 is 22.9 Å². The minimum atomic E-state index is -0.185. The van der Waals surface area contributed by atoms with Gasteiger partial charge < -0.3 is 10.4 Å². The van der Waals surface area contributed by atoms with E-state index in [9.17, 15) is 0 Å². The highest BCUT2D eigenvalue weighted by Gasteiger charge is 2.09. The van der Waals surface area contributed by atoms with Crippen molar-refractivity contribution in [3.63, 3.8) is 0 Å². The number of benzene rings is 1. The molecule has 0 amide bonds. The van der Waals surface area contributed by atoms with E-state index >= 15 is 0 Å². The number of aliphatic hydroxyl groups is 1. The summed E-state index contributed by atoms with van der Waals surface area (Å²) in [5.41, 5.74) is 1.73. The standard InChI is InChI=1S/C13H13ClN2OS/c1-2-9(7-17)15-13-16-12(8-18-13)10-5-3-4-6-11(10)14/h2-6,8-9,17H,1,7H2,(H,15,16). The molecule has 18 heavy (non-hydrogen) atoms. The number of thiazole rings is 1. The second-order valence-electron chi connectivity index (χ2n) is 3.69. The molecule has 2 rings (SSSR count). The smallest absolute Gasteiger partial charge is 0.183 e. The first-order valence-electron chi connectivity index (χ1n) is 5.45. The summed E-state index contributed by atoms with van der Waals surface area (Å²) in [6.45, 7) is 3.63. The van der Waals surface area contributed by atoms with E-state index in [1.165, 1.54) is 11.3 Å². The fraction of sp³-hybridized carbons (Fsp3) is 0.154. The van der Waals surface area contributed by atoms with Crippen LogP contribution < -0.4 is 5.32 Å². The first-order valence-corrected chi connectivity index (χ1v) is 6.70. The van der Waals surface area contributed by atoms with Crippen LogP contribution in [-0.4, -0.2) is 22.7 Å². The topological polar surface area (TPSA) is 45.1 Å². The van der Waals surface area contributed by atoms with E-state index in [0.29, 0.717) is 5.02 Å². The summed E-state index contributed by atoms with van der Waals surface area (Å²) in [7, 11) is 0. The van der Waals surface area contributed by atoms with Crippen molar-refractivity contribution >= 4 is 28.1 Å². The third-order valence-electron chi connectivity index (χ3n) is 2.44. The molecule has 94 valence electrons. The van der Waals surface area contributed by atoms with Gasteiger partial charge in [0.05, 0.1) is 18.3 Å². The van der Waals surface area contributed by atoms with Crippen LogP contribution in [0.25, 0.3) is 11.3 Å². The summed E-state index contributed by atoms with van der Waals surface area (Å²) >= 11 is 7.59. The van der Waals surface area contributed by atoms with Crippen LogP contribution in [0, 0.1) is 0 Å². The highest BCUT2D eigenvalue weighted by atomic mass is 35.5. The second kappa shape index (κ2) is 6.00. The lowest BCUT2D eigenvalue weighted by atomic mass is 10.2. The minimum Gasteiger partial charge on any atom is -0.394 e. The number of anilines is 1. The maximum Gasteiger partial charge on any atom is 0.183 e. The number of aromatic nitrogens is 1. The van der Waals surface area contributed by atoms with E-state index in [-0.39, 0.29) is 12.6 Å². The average Bonchev–Trinajstić information content (AvgIpc) is 2.85. The number of nitrogens with one attached hydrogen (secondary N) is 1. The number of rotatable bonds is 5. The van der Waals surface area contributed by atoms with E-state index in [1.807, 2.05) is 29.6 Å². The van der Waals surface area contributed by atoms with Gasteiger partial charge in [-0.25, -0.2) is 4.98 Å². The van der Waals surface area contributed by atoms with Gasteiger partial charge in [0, 0.05) is 16.0 Å². The van der Waals surface area contributed by atoms with E-state index in [2.05, 4.69) is 16.9 Å². The summed E-state index contributed by atoms with van der Waals surface area (Å²) in [6.07, 6.45) is 1.65. The Kier molecular flexibility index (Phi) is 4.36. The highest BCUT2D eigenvalue weighted by molar-refractivity contribution is 7.14. The normalized spacial score (nSPS) is 12.1. The van der Waals surface area contributed by atoms with Gasteiger partial charge in [-0.3, -0.25) is 0 Å². The number of hydrogen-bond donors (Lipinski definition) is 2. The maximum absolute atomic E-state index is 9.08. The Balaban J connectivity index is 2.21. The first-order chi connectivity index (χ1) is 8.74. The zero-order chi connectivity index (χ0) is 13.0. The summed E-state index contributed by atoms with van der Waals surface area (Å²) in [5.74, 6) is 0. The Morgan fingerprint density at radius 3 is 2.94 bits per heavy atom. The molecule has 0 radical (unpaired) electrons. The van der Waals surface area contributed by atoms with E-state index < -0.39 is 0 Å². The van der Waals surface area contributed by atoms with Crippen LogP contribution in [0.2, 0.25) is 5.02 Å². The Morgan fingerprint density at radius 2 is 2.28 bits per heavy atom. The van der Waals surface area contributed by atoms with Crippen molar-refractivity contribution in [1.29, 1.82) is 0 Å². The number of hydrogen-bond acceptors (Lipinski definition) is 4. The SMILES string of the molecule is C=CC(CO)Nc1nc(-c2ccccc2Cl)cs1. The number of nitrogens with zero attached hydrogens (tertiary/aromatic N) is 1. The van der Waals surface area contributed by atoms with Crippen LogP contribution in [0.5, 0.6) is 0 Å². The highest BCUT2D eigenvalue weighted by Crippen LogP contribution is 2.30. The van der Waals surface area contributed by atoms with E-state index in [0.717, 1.165) is 16.4 Å². The van der Waals surface area contributed by atoms with Crippen molar-refractivity contribution in [3.05, 3.63) is 47.3 Å². The molecular weight excluding hydrogens is 268 g/mol. The van der Waals surface area contributed by atoms with Crippen molar-refractivity contribution in [2.75, 3.05) is 11.9 Å². The average molecular weight is 281 g/mol. The summed E-state index contributed by atoms with van der Waals surface area (Å²) in [6, 6.07) is 7.39. The molecule has 0 aliphatic heterocycles. The lowest BCUT2D eigenvalue weighted by Gasteiger charge is -2.09. The van der Waals surface area contributed by atoms with Crippen molar-refractivity contribution in [3.8, 4) is 11.3 Å². The molecule has 1 atom stereocenters. The lowest BCUT2D eigenvalue weighted by Crippen LogP contribution is -2.20. The van der Waals surface area contributed by atoms with E-state index in [4.69, 9.17) is 16.7 Å². The Hall–Kier alpha value is -1.36. The van der Waals surface area contributed by atoms with Crippen molar-refractivity contribution in [1.82, 2.24) is 4.98 Å². The first kappa shape index (κ1) is 13.1. The zero-order valence-corrected chi connectivity index (χ0v) is 11.2. The molecule has 0 saturated heterocycles. The largest absolute Gasteiger partial charge is 0.394 e. The molecule has 1 unspecified atom stereocenters. The molecule has 0 spiro atoms. The second-order valence-corrected chi connectivity index (χ2v) is 4.95. The molecule has 2 N–H and O–H groups in total. The van der Waals surface area contributed by atoms with Crippen LogP contribution in [0.15, 0.2) is 42.3 Å². The molecule has 0 fully saturated rings. The Labute approximate surface area is 115 Å². The molecule has 2 aromatic rings. The van der Waals surface area contributed by atoms with Crippen LogP contribution in [0.4, 0.5) is 5.13 Å². The van der Waals surface area contributed by atoms with Gasteiger partial charge >= 0.3 is 0 Å². The van der Waals surface area contributed by atoms with E-state index in [1.54, 1.807) is 6.08 Å². The van der Waals surface area contributed by atoms with Crippen LogP contribution in [0.3, 0.4) is 0 Å². The monoisotopic (exact) mass is 280 g/mol. The molecule has 0 aliphatic rings. The van der Waals surface area contributed by atoms with Gasteiger partial charge in [0.1, 0.15) is 0 Å². The Bertz CT molecular complexity index is 541. The van der Waals surface area contributed by atoms with Gasteiger partial charge in [-0.1, -0.05) is 35.9 Å². The molecule has 1 heterocycles. The molecule has 3 nitrogen and oxygen atoms in total. The molecule has 0 bridgehead atoms. The lowest BCUT2D eigenvalue weighted by molar-refractivity contribution is 0.291. The van der Waals surface area contributed by atoms with Gasteiger partial charge in [0.2, 0.25) is 0 Å². The molecule has 0 aliphatic carbocycles. The summed E-state index contributed by atoms with van der Waals surface area (Å²) < 4.78 is 0. The zero-order valence-electron chi connectivity index (χ0n) is 9.64. The molecule has 0 saturated carbocycles. The van der Waals surface area contributed by atoms with Crippen molar-refractivity contribution < 1.29 is 5.11 Å². The molecular formula is C13H13ClN2OS. The third kappa shape index (κ3) is 2.90. The predicted molar refractivity (Wildman–Crippen MR) is 77.3 cm³/mol. The van der Waals surface area contributed by atoms with Crippen molar-refractivity contribution in [2.24, 2.45) is 0 Å². The quantitative estimate of drug-likeness (QED) is 0.825. The van der Waals surface area contributed by atoms with Gasteiger partial charge in [-0.2, -0.15) is 0 Å². The molecule has 5 heteroatoms. The van der Waals surface area contributed by atoms with Crippen molar-refractivity contribution in [2.45, 2.75) is 6.04 Å². The molecule has 1 aromatic carbocycles. The predicted octanol–water partition coefficient (Wildman–Crippen LogP) is 3.42. The Morgan fingerprint density at radius 1 is 1.50 bits per heavy atom. The summed E-state index contributed by atoms with van der Waals surface area (Å²) in [4.78, 5) is 4.44. The van der Waals surface area contributed by atoms with Crippen LogP contribution in [0.1, 0.15) is 0 Å². The summed E-state index contributed by atoms with van der Waals surface area (Å²) in [5, 5.41) is 15.5. The fourth-order valence-corrected chi connectivity index (χ4v) is 2.48. The van der Waals surface area contributed by atoms with Gasteiger partial charge in [0.15, 0.2) is 5.13 Å². The third-order valence-corrected chi connectivity index (χ3v) is 3.55. The number of aliphatic hydroxyl groups excluding tert-OH is 1. The van der Waals surface area contributed by atoms with Crippen LogP contribution in [-0.2, 0) is 0 Å². The fourth-order valence-electron chi connectivity index (χ4n) is 1.47. The maximum atomic E-state index is 9.08. The minimum absolute atomic E-state index is 0.00942. The van der Waals surface area contributed by atoms with Gasteiger partial charge in [-0.05, 0) is 6.07 Å². The molecule has 1 aromatic heterocycles. The van der Waals surface area contributed by atoms with Gasteiger partial charge in [-0.15, -0.1) is 17.9 Å².